The van der Waals surface area contributed by atoms with Crippen LogP contribution in [0.4, 0.5) is 0 Å². The van der Waals surface area contributed by atoms with Gasteiger partial charge in [0.25, 0.3) is 0 Å². The van der Waals surface area contributed by atoms with Gasteiger partial charge in [0, 0.05) is 19.3 Å². The second-order valence-corrected chi connectivity index (χ2v) is 19.7. The lowest BCUT2D eigenvalue weighted by Gasteiger charge is -2.18. The van der Waals surface area contributed by atoms with Crippen LogP contribution >= 0.6 is 0 Å². The lowest BCUT2D eigenvalue weighted by molar-refractivity contribution is -0.167. The molecule has 0 fully saturated rings. The van der Waals surface area contributed by atoms with Crippen LogP contribution in [0.5, 0.6) is 0 Å². The molecule has 0 heterocycles. The summed E-state index contributed by atoms with van der Waals surface area (Å²) >= 11 is 0. The first-order chi connectivity index (χ1) is 34.0. The molecule has 398 valence electrons. The highest BCUT2D eigenvalue weighted by atomic mass is 16.6. The topological polar surface area (TPSA) is 78.9 Å². The maximum Gasteiger partial charge on any atom is 0.306 e. The molecule has 0 rings (SSSR count). The lowest BCUT2D eigenvalue weighted by atomic mass is 10.0. The van der Waals surface area contributed by atoms with Crippen molar-refractivity contribution in [1.29, 1.82) is 0 Å². The van der Waals surface area contributed by atoms with Crippen molar-refractivity contribution in [3.8, 4) is 0 Å². The molecule has 69 heavy (non-hydrogen) atoms. The Labute approximate surface area is 427 Å². The van der Waals surface area contributed by atoms with Gasteiger partial charge in [-0.2, -0.15) is 0 Å². The van der Waals surface area contributed by atoms with E-state index in [4.69, 9.17) is 14.2 Å². The van der Waals surface area contributed by atoms with E-state index in [-0.39, 0.29) is 31.1 Å². The standard InChI is InChI=1S/C63H110O6/c1-4-7-10-13-16-19-22-25-28-30-31-33-35-38-41-44-47-50-53-56-62(65)68-59-60(58-67-61(64)55-52-49-46-43-40-37-34-27-24-21-18-15-12-9-6-3)69-63(66)57-54-51-48-45-42-39-36-32-29-26-23-20-17-14-11-8-5-2/h9,12,15,18,21,24,27,30-31,34,37,40,60H,4-8,10-11,13-14,16-17,19-20,22-23,25-26,28-29,32-33,35-36,38-39,41-59H2,1-3H3/b12-9-,18-15-,24-21-,31-30-,34-27-,40-37-. The van der Waals surface area contributed by atoms with Gasteiger partial charge in [-0.3, -0.25) is 14.4 Å². The van der Waals surface area contributed by atoms with Gasteiger partial charge in [0.1, 0.15) is 13.2 Å². The molecule has 6 nitrogen and oxygen atoms in total. The molecule has 0 aliphatic heterocycles. The number of allylic oxidation sites excluding steroid dienone is 12. The highest BCUT2D eigenvalue weighted by Crippen LogP contribution is 2.16. The Balaban J connectivity index is 4.41. The third kappa shape index (κ3) is 55.6. The van der Waals surface area contributed by atoms with E-state index in [1.54, 1.807) is 0 Å². The fourth-order valence-corrected chi connectivity index (χ4v) is 8.40. The lowest BCUT2D eigenvalue weighted by Crippen LogP contribution is -2.30. The number of rotatable bonds is 53. The molecule has 0 spiro atoms. The molecule has 0 aliphatic rings. The first kappa shape index (κ1) is 65.8. The second kappa shape index (κ2) is 57.4. The summed E-state index contributed by atoms with van der Waals surface area (Å²) < 4.78 is 16.9. The van der Waals surface area contributed by atoms with Gasteiger partial charge < -0.3 is 14.2 Å². The molecule has 0 bridgehead atoms. The third-order valence-electron chi connectivity index (χ3n) is 12.8. The summed E-state index contributed by atoms with van der Waals surface area (Å²) in [5, 5.41) is 0. The minimum atomic E-state index is -0.793. The Morgan fingerprint density at radius 3 is 0.942 bits per heavy atom. The van der Waals surface area contributed by atoms with Crippen LogP contribution in [0.3, 0.4) is 0 Å². The van der Waals surface area contributed by atoms with Gasteiger partial charge in [-0.15, -0.1) is 0 Å². The summed E-state index contributed by atoms with van der Waals surface area (Å²) in [5.74, 6) is -0.924. The minimum Gasteiger partial charge on any atom is -0.462 e. The third-order valence-corrected chi connectivity index (χ3v) is 12.8. The van der Waals surface area contributed by atoms with Gasteiger partial charge in [-0.05, 0) is 64.2 Å². The van der Waals surface area contributed by atoms with Gasteiger partial charge >= 0.3 is 17.9 Å². The number of unbranched alkanes of at least 4 members (excludes halogenated alkanes) is 34. The Kier molecular flexibility index (Phi) is 54.8. The van der Waals surface area contributed by atoms with Crippen LogP contribution < -0.4 is 0 Å². The molecule has 0 N–H and O–H groups in total. The molecule has 0 aromatic rings. The van der Waals surface area contributed by atoms with Gasteiger partial charge in [0.2, 0.25) is 0 Å². The molecule has 0 aliphatic carbocycles. The number of hydrogen-bond donors (Lipinski definition) is 0. The highest BCUT2D eigenvalue weighted by Gasteiger charge is 2.19. The molecular weight excluding hydrogens is 853 g/mol. The van der Waals surface area contributed by atoms with Crippen molar-refractivity contribution >= 4 is 17.9 Å². The quantitative estimate of drug-likeness (QED) is 0.0199. The molecule has 0 saturated carbocycles. The molecule has 0 saturated heterocycles. The van der Waals surface area contributed by atoms with Crippen LogP contribution in [0.25, 0.3) is 0 Å². The second-order valence-electron chi connectivity index (χ2n) is 19.7. The number of carbonyl (C=O) groups excluding carboxylic acids is 3. The van der Waals surface area contributed by atoms with E-state index in [0.717, 1.165) is 70.6 Å². The van der Waals surface area contributed by atoms with Crippen LogP contribution in [0.2, 0.25) is 0 Å². The Hall–Kier alpha value is -3.15. The largest absolute Gasteiger partial charge is 0.462 e. The Morgan fingerprint density at radius 1 is 0.304 bits per heavy atom. The summed E-state index contributed by atoms with van der Waals surface area (Å²) in [7, 11) is 0. The highest BCUT2D eigenvalue weighted by molar-refractivity contribution is 5.71. The molecule has 0 aromatic carbocycles. The van der Waals surface area contributed by atoms with E-state index < -0.39 is 6.10 Å². The first-order valence-corrected chi connectivity index (χ1v) is 29.5. The molecule has 1 unspecified atom stereocenters. The molecular formula is C63H110O6. The Bertz CT molecular complexity index is 1290. The van der Waals surface area contributed by atoms with Crippen molar-refractivity contribution in [1.82, 2.24) is 0 Å². The average Bonchev–Trinajstić information content (AvgIpc) is 3.35. The SMILES string of the molecule is CC\C=C/C=C\C=C/C=C\C=C/CCCCCC(=O)OCC(COC(=O)CCCCCCCCC/C=C\CCCCCCCCCC)OC(=O)CCCCCCCCCCCCCCCCCCC. The summed E-state index contributed by atoms with van der Waals surface area (Å²) in [6, 6.07) is 0. The fraction of sp³-hybridized carbons (Fsp3) is 0.762. The number of hydrogen-bond acceptors (Lipinski definition) is 6. The van der Waals surface area contributed by atoms with Crippen LogP contribution in [0, 0.1) is 0 Å². The number of esters is 3. The fourth-order valence-electron chi connectivity index (χ4n) is 8.40. The van der Waals surface area contributed by atoms with Crippen LogP contribution in [-0.2, 0) is 28.6 Å². The smallest absolute Gasteiger partial charge is 0.306 e. The van der Waals surface area contributed by atoms with Gasteiger partial charge in [0.05, 0.1) is 0 Å². The normalized spacial score (nSPS) is 12.6. The predicted octanol–water partition coefficient (Wildman–Crippen LogP) is 19.8. The van der Waals surface area contributed by atoms with E-state index >= 15 is 0 Å². The summed E-state index contributed by atoms with van der Waals surface area (Å²) in [5.41, 5.74) is 0. The summed E-state index contributed by atoms with van der Waals surface area (Å²) in [6.07, 6.45) is 73.2. The first-order valence-electron chi connectivity index (χ1n) is 29.5. The van der Waals surface area contributed by atoms with E-state index in [1.807, 2.05) is 42.5 Å². The summed E-state index contributed by atoms with van der Waals surface area (Å²) in [4.78, 5) is 38.2. The molecule has 6 heteroatoms. The van der Waals surface area contributed by atoms with Crippen molar-refractivity contribution < 1.29 is 28.6 Å². The molecule has 1 atom stereocenters. The van der Waals surface area contributed by atoms with Crippen molar-refractivity contribution in [3.05, 3.63) is 72.9 Å². The minimum absolute atomic E-state index is 0.0892. The van der Waals surface area contributed by atoms with Crippen LogP contribution in [-0.4, -0.2) is 37.2 Å². The maximum atomic E-state index is 12.9. The van der Waals surface area contributed by atoms with Crippen molar-refractivity contribution in [2.45, 2.75) is 297 Å². The van der Waals surface area contributed by atoms with Gasteiger partial charge in [-0.1, -0.05) is 280 Å². The van der Waals surface area contributed by atoms with Crippen LogP contribution in [0.15, 0.2) is 72.9 Å². The van der Waals surface area contributed by atoms with E-state index in [1.165, 1.54) is 180 Å². The van der Waals surface area contributed by atoms with Crippen LogP contribution in [0.1, 0.15) is 290 Å². The predicted molar refractivity (Wildman–Crippen MR) is 298 cm³/mol. The van der Waals surface area contributed by atoms with Crippen molar-refractivity contribution in [3.63, 3.8) is 0 Å². The van der Waals surface area contributed by atoms with E-state index in [2.05, 4.69) is 51.2 Å². The Morgan fingerprint density at radius 2 is 0.580 bits per heavy atom. The zero-order valence-electron chi connectivity index (χ0n) is 45.6. The maximum absolute atomic E-state index is 12.9. The zero-order valence-corrected chi connectivity index (χ0v) is 45.6. The zero-order chi connectivity index (χ0) is 50.0. The number of carbonyl (C=O) groups is 3. The van der Waals surface area contributed by atoms with Gasteiger partial charge in [0.15, 0.2) is 6.10 Å². The monoisotopic (exact) mass is 963 g/mol. The van der Waals surface area contributed by atoms with E-state index in [9.17, 15) is 14.4 Å². The van der Waals surface area contributed by atoms with Crippen molar-refractivity contribution in [2.24, 2.45) is 0 Å². The molecule has 0 amide bonds. The molecule has 0 aromatic heterocycles. The number of ether oxygens (including phenoxy) is 3. The van der Waals surface area contributed by atoms with Crippen molar-refractivity contribution in [2.75, 3.05) is 13.2 Å². The average molecular weight is 964 g/mol. The van der Waals surface area contributed by atoms with Gasteiger partial charge in [-0.25, -0.2) is 0 Å². The summed E-state index contributed by atoms with van der Waals surface area (Å²) in [6.45, 7) is 6.49. The van der Waals surface area contributed by atoms with E-state index in [0.29, 0.717) is 19.3 Å². The molecule has 0 radical (unpaired) electrons.